The second-order valence-corrected chi connectivity index (χ2v) is 10.5. The van der Waals surface area contributed by atoms with Crippen LogP contribution < -0.4 is 15.7 Å². The normalized spacial score (nSPS) is 17.0. The lowest BCUT2D eigenvalue weighted by Gasteiger charge is -2.32. The number of benzene rings is 2. The third-order valence-corrected chi connectivity index (χ3v) is 8.23. The summed E-state index contributed by atoms with van der Waals surface area (Å²) < 4.78 is 34.2. The lowest BCUT2D eigenvalue weighted by molar-refractivity contribution is -0.116. The number of hydrogen-bond donors (Lipinski definition) is 1. The second-order valence-electron chi connectivity index (χ2n) is 8.21. The van der Waals surface area contributed by atoms with Crippen LogP contribution in [-0.4, -0.2) is 47.9 Å². The van der Waals surface area contributed by atoms with E-state index in [9.17, 15) is 18.0 Å². The molecule has 2 heterocycles. The lowest BCUT2D eigenvalue weighted by Crippen LogP contribution is -2.41. The van der Waals surface area contributed by atoms with Crippen molar-refractivity contribution in [1.29, 1.82) is 0 Å². The first-order valence-electron chi connectivity index (χ1n) is 10.9. The van der Waals surface area contributed by atoms with Crippen LogP contribution in [0, 0.1) is 0 Å². The number of ether oxygens (including phenoxy) is 1. The monoisotopic (exact) mass is 504 g/mol. The van der Waals surface area contributed by atoms with Crippen LogP contribution in [0.3, 0.4) is 0 Å². The number of anilines is 1. The molecule has 3 aromatic rings. The molecule has 0 bridgehead atoms. The van der Waals surface area contributed by atoms with Crippen LogP contribution in [0.1, 0.15) is 26.2 Å². The van der Waals surface area contributed by atoms with Crippen molar-refractivity contribution >= 4 is 44.1 Å². The molecule has 9 nitrogen and oxygen atoms in total. The fourth-order valence-electron chi connectivity index (χ4n) is 4.15. The number of aromatic nitrogens is 2. The van der Waals surface area contributed by atoms with E-state index in [4.69, 9.17) is 16.3 Å². The maximum Gasteiger partial charge on any atom is 0.348 e. The van der Waals surface area contributed by atoms with Gasteiger partial charge >= 0.3 is 5.69 Å². The Morgan fingerprint density at radius 2 is 2.03 bits per heavy atom. The van der Waals surface area contributed by atoms with Gasteiger partial charge in [0, 0.05) is 29.9 Å². The summed E-state index contributed by atoms with van der Waals surface area (Å²) in [5.41, 5.74) is 0.241. The average Bonchev–Trinajstić information content (AvgIpc) is 2.81. The van der Waals surface area contributed by atoms with Gasteiger partial charge in [-0.15, -0.1) is 0 Å². The van der Waals surface area contributed by atoms with Crippen molar-refractivity contribution in [3.05, 3.63) is 58.1 Å². The molecule has 11 heteroatoms. The van der Waals surface area contributed by atoms with Crippen molar-refractivity contribution in [3.8, 4) is 5.75 Å². The van der Waals surface area contributed by atoms with Gasteiger partial charge in [0.05, 0.1) is 22.5 Å². The van der Waals surface area contributed by atoms with Gasteiger partial charge in [0.1, 0.15) is 12.3 Å². The molecule has 1 aliphatic rings. The molecule has 180 valence electrons. The maximum atomic E-state index is 13.2. The molecule has 1 aliphatic heterocycles. The van der Waals surface area contributed by atoms with Crippen LogP contribution in [0.15, 0.2) is 52.3 Å². The fraction of sp³-hybridized carbons (Fsp3) is 0.348. The van der Waals surface area contributed by atoms with E-state index >= 15 is 0 Å². The SMILES string of the molecule is COc1ccc(NC(=O)Cn2c(=O)ncc3cc(S(=O)(=O)N4CCCC[C@@H]4C)ccc32)cc1Cl. The van der Waals surface area contributed by atoms with Gasteiger partial charge in [-0.25, -0.2) is 18.2 Å². The summed E-state index contributed by atoms with van der Waals surface area (Å²) in [7, 11) is -2.19. The number of sulfonamides is 1. The van der Waals surface area contributed by atoms with Crippen LogP contribution in [-0.2, 0) is 21.4 Å². The van der Waals surface area contributed by atoms with Gasteiger partial charge in [-0.05, 0) is 56.2 Å². The zero-order chi connectivity index (χ0) is 24.5. The summed E-state index contributed by atoms with van der Waals surface area (Å²) in [5.74, 6) is 0.00955. The van der Waals surface area contributed by atoms with E-state index < -0.39 is 21.6 Å². The Balaban J connectivity index is 1.61. The highest BCUT2D eigenvalue weighted by Crippen LogP contribution is 2.28. The Morgan fingerprint density at radius 1 is 1.24 bits per heavy atom. The summed E-state index contributed by atoms with van der Waals surface area (Å²) in [6.45, 7) is 2.09. The maximum absolute atomic E-state index is 13.2. The summed E-state index contributed by atoms with van der Waals surface area (Å²) in [5, 5.41) is 3.47. The van der Waals surface area contributed by atoms with Crippen LogP contribution in [0.4, 0.5) is 5.69 Å². The molecule has 1 N–H and O–H groups in total. The first-order chi connectivity index (χ1) is 16.2. The van der Waals surface area contributed by atoms with Gasteiger partial charge in [-0.1, -0.05) is 18.0 Å². The van der Waals surface area contributed by atoms with E-state index in [1.807, 2.05) is 6.92 Å². The third kappa shape index (κ3) is 4.79. The molecule has 0 unspecified atom stereocenters. The number of carbonyl (C=O) groups is 1. The molecule has 1 fully saturated rings. The average molecular weight is 505 g/mol. The Labute approximate surface area is 202 Å². The highest BCUT2D eigenvalue weighted by Gasteiger charge is 2.31. The smallest absolute Gasteiger partial charge is 0.348 e. The van der Waals surface area contributed by atoms with Crippen molar-refractivity contribution in [1.82, 2.24) is 13.9 Å². The first-order valence-corrected chi connectivity index (χ1v) is 12.7. The number of nitrogens with zero attached hydrogens (tertiary/aromatic N) is 3. The minimum Gasteiger partial charge on any atom is -0.495 e. The highest BCUT2D eigenvalue weighted by molar-refractivity contribution is 7.89. The number of hydrogen-bond acceptors (Lipinski definition) is 6. The Bertz CT molecular complexity index is 1410. The van der Waals surface area contributed by atoms with Gasteiger partial charge in [0.15, 0.2) is 0 Å². The second kappa shape index (κ2) is 9.73. The number of nitrogens with one attached hydrogen (secondary N) is 1. The molecule has 34 heavy (non-hydrogen) atoms. The molecule has 1 saturated heterocycles. The van der Waals surface area contributed by atoms with Crippen molar-refractivity contribution in [2.45, 2.75) is 43.7 Å². The summed E-state index contributed by atoms with van der Waals surface area (Å²) >= 11 is 6.10. The zero-order valence-corrected chi connectivity index (χ0v) is 20.4. The summed E-state index contributed by atoms with van der Waals surface area (Å²) in [6.07, 6.45) is 3.98. The van der Waals surface area contributed by atoms with Crippen molar-refractivity contribution in [3.63, 3.8) is 0 Å². The highest BCUT2D eigenvalue weighted by atomic mass is 35.5. The Morgan fingerprint density at radius 3 is 2.74 bits per heavy atom. The molecular weight excluding hydrogens is 480 g/mol. The topological polar surface area (TPSA) is 111 Å². The number of piperidine rings is 1. The van der Waals surface area contributed by atoms with Gasteiger partial charge in [-0.3, -0.25) is 9.36 Å². The molecule has 1 aromatic heterocycles. The first kappa shape index (κ1) is 24.2. The third-order valence-electron chi connectivity index (χ3n) is 5.92. The van der Waals surface area contributed by atoms with Crippen molar-refractivity contribution in [2.24, 2.45) is 0 Å². The van der Waals surface area contributed by atoms with E-state index in [2.05, 4.69) is 10.3 Å². The van der Waals surface area contributed by atoms with Gasteiger partial charge < -0.3 is 10.1 Å². The van der Waals surface area contributed by atoms with Crippen LogP contribution in [0.25, 0.3) is 10.9 Å². The predicted octanol–water partition coefficient (Wildman–Crippen LogP) is 3.26. The van der Waals surface area contributed by atoms with Crippen LogP contribution >= 0.6 is 11.6 Å². The molecule has 1 atom stereocenters. The minimum atomic E-state index is -3.68. The minimum absolute atomic E-state index is 0.0725. The van der Waals surface area contributed by atoms with Crippen molar-refractivity contribution in [2.75, 3.05) is 19.0 Å². The molecule has 2 aromatic carbocycles. The van der Waals surface area contributed by atoms with Crippen LogP contribution in [0.5, 0.6) is 5.75 Å². The predicted molar refractivity (Wildman–Crippen MR) is 130 cm³/mol. The van der Waals surface area contributed by atoms with Gasteiger partial charge in [0.2, 0.25) is 15.9 Å². The lowest BCUT2D eigenvalue weighted by atomic mass is 10.1. The quantitative estimate of drug-likeness (QED) is 0.551. The number of carbonyl (C=O) groups excluding carboxylic acids is 1. The Hall–Kier alpha value is -2.95. The summed E-state index contributed by atoms with van der Waals surface area (Å²) in [6, 6.07) is 9.22. The number of halogens is 1. The van der Waals surface area contributed by atoms with E-state index in [1.54, 1.807) is 18.2 Å². The fourth-order valence-corrected chi connectivity index (χ4v) is 6.14. The van der Waals surface area contributed by atoms with Gasteiger partial charge in [0.25, 0.3) is 0 Å². The molecule has 4 rings (SSSR count). The number of methoxy groups -OCH3 is 1. The number of rotatable bonds is 6. The number of amides is 1. The van der Waals surface area contributed by atoms with Gasteiger partial charge in [-0.2, -0.15) is 4.31 Å². The summed E-state index contributed by atoms with van der Waals surface area (Å²) in [4.78, 5) is 29.0. The van der Waals surface area contributed by atoms with E-state index in [-0.39, 0.29) is 17.5 Å². The number of fused-ring (bicyclic) bond motifs is 1. The molecular formula is C23H25ClN4O5S. The van der Waals surface area contributed by atoms with E-state index in [0.29, 0.717) is 33.9 Å². The Kier molecular flexibility index (Phi) is 6.92. The van der Waals surface area contributed by atoms with E-state index in [0.717, 1.165) is 19.3 Å². The van der Waals surface area contributed by atoms with Crippen LogP contribution in [0.2, 0.25) is 5.02 Å². The molecule has 1 amide bonds. The van der Waals surface area contributed by atoms with Crippen molar-refractivity contribution < 1.29 is 17.9 Å². The van der Waals surface area contributed by atoms with E-state index in [1.165, 1.54) is 40.4 Å². The molecule has 0 spiro atoms. The molecule has 0 saturated carbocycles. The molecule has 0 radical (unpaired) electrons. The largest absolute Gasteiger partial charge is 0.495 e. The zero-order valence-electron chi connectivity index (χ0n) is 18.8. The molecule has 0 aliphatic carbocycles. The standard InChI is InChI=1S/C23H25ClN4O5S/c1-15-5-3-4-10-28(15)34(31,32)18-7-8-20-16(11-18)13-25-23(30)27(20)14-22(29)26-17-6-9-21(33-2)19(24)12-17/h6-9,11-13,15H,3-5,10,14H2,1-2H3,(H,26,29)/t15-/m0/s1.